The van der Waals surface area contributed by atoms with E-state index in [1.165, 1.54) is 12.5 Å². The summed E-state index contributed by atoms with van der Waals surface area (Å²) in [4.78, 5) is 9.95. The Morgan fingerprint density at radius 1 is 1.60 bits per heavy atom. The van der Waals surface area contributed by atoms with E-state index in [2.05, 4.69) is 25.7 Å². The maximum absolute atomic E-state index is 9.95. The standard InChI is InChI=1S/C4H7NO.C3H8.H2S/c1-3-4(6)5-2;1-3-2;/h3H,1H2,2H3,(H,5,6);3H2,1-2H3;1H2. The fraction of sp³-hybridized carbons (Fsp3) is 0.571. The lowest BCUT2D eigenvalue weighted by molar-refractivity contribution is -0.116. The zero-order chi connectivity index (χ0) is 7.70. The first-order valence-electron chi connectivity index (χ1n) is 3.07. The normalized spacial score (nSPS) is 5.90. The first-order chi connectivity index (χ1) is 4.22. The maximum Gasteiger partial charge on any atom is 0.243 e. The second-order valence-corrected chi connectivity index (χ2v) is 1.53. The van der Waals surface area contributed by atoms with Crippen molar-refractivity contribution in [3.63, 3.8) is 0 Å². The van der Waals surface area contributed by atoms with Gasteiger partial charge in [0.25, 0.3) is 0 Å². The highest BCUT2D eigenvalue weighted by atomic mass is 32.1. The molecule has 1 amide bonds. The Bertz CT molecular complexity index is 83.7. The second-order valence-electron chi connectivity index (χ2n) is 1.53. The van der Waals surface area contributed by atoms with E-state index in [9.17, 15) is 4.79 Å². The van der Waals surface area contributed by atoms with Gasteiger partial charge in [0, 0.05) is 7.05 Å². The first-order valence-corrected chi connectivity index (χ1v) is 3.07. The monoisotopic (exact) mass is 163 g/mol. The Morgan fingerprint density at radius 3 is 1.90 bits per heavy atom. The number of hydrogen-bond donors (Lipinski definition) is 1. The van der Waals surface area contributed by atoms with Crippen molar-refractivity contribution >= 4 is 19.4 Å². The van der Waals surface area contributed by atoms with Gasteiger partial charge >= 0.3 is 0 Å². The second kappa shape index (κ2) is 15.8. The molecule has 0 fully saturated rings. The van der Waals surface area contributed by atoms with Crippen molar-refractivity contribution in [2.24, 2.45) is 0 Å². The van der Waals surface area contributed by atoms with Crippen LogP contribution in [0, 0.1) is 0 Å². The van der Waals surface area contributed by atoms with Crippen LogP contribution in [0.25, 0.3) is 0 Å². The third-order valence-electron chi connectivity index (χ3n) is 0.432. The minimum absolute atomic E-state index is 0. The van der Waals surface area contributed by atoms with Crippen LogP contribution in [0.5, 0.6) is 0 Å². The van der Waals surface area contributed by atoms with E-state index in [0.717, 1.165) is 0 Å². The zero-order valence-electron chi connectivity index (χ0n) is 6.90. The van der Waals surface area contributed by atoms with Gasteiger partial charge in [0.05, 0.1) is 0 Å². The van der Waals surface area contributed by atoms with Crippen molar-refractivity contribution in [2.75, 3.05) is 7.05 Å². The van der Waals surface area contributed by atoms with Gasteiger partial charge in [-0.1, -0.05) is 26.8 Å². The quantitative estimate of drug-likeness (QED) is 0.582. The Hall–Kier alpha value is -0.440. The average Bonchev–Trinajstić information content (AvgIpc) is 1.88. The molecule has 2 nitrogen and oxygen atoms in total. The Morgan fingerprint density at radius 2 is 1.90 bits per heavy atom. The minimum Gasteiger partial charge on any atom is -0.356 e. The summed E-state index contributed by atoms with van der Waals surface area (Å²) in [6.45, 7) is 7.47. The van der Waals surface area contributed by atoms with Crippen LogP contribution in [0.4, 0.5) is 0 Å². The van der Waals surface area contributed by atoms with Crippen molar-refractivity contribution in [2.45, 2.75) is 20.3 Å². The summed E-state index contributed by atoms with van der Waals surface area (Å²) in [5.74, 6) is -0.144. The number of nitrogens with one attached hydrogen (secondary N) is 1. The molecule has 10 heavy (non-hydrogen) atoms. The summed E-state index contributed by atoms with van der Waals surface area (Å²) < 4.78 is 0. The zero-order valence-corrected chi connectivity index (χ0v) is 7.90. The van der Waals surface area contributed by atoms with Gasteiger partial charge in [-0.05, 0) is 6.08 Å². The van der Waals surface area contributed by atoms with E-state index in [1.807, 2.05) is 0 Å². The maximum atomic E-state index is 9.95. The van der Waals surface area contributed by atoms with E-state index >= 15 is 0 Å². The highest BCUT2D eigenvalue weighted by Gasteiger charge is 1.78. The molecule has 0 aliphatic carbocycles. The molecule has 62 valence electrons. The smallest absolute Gasteiger partial charge is 0.243 e. The first kappa shape index (κ1) is 16.3. The van der Waals surface area contributed by atoms with Gasteiger partial charge in [-0.3, -0.25) is 4.79 Å². The van der Waals surface area contributed by atoms with Gasteiger partial charge in [-0.15, -0.1) is 0 Å². The molecular formula is C7H17NOS. The molecule has 0 spiro atoms. The van der Waals surface area contributed by atoms with Crippen LogP contribution in [0.3, 0.4) is 0 Å². The lowest BCUT2D eigenvalue weighted by Gasteiger charge is -1.82. The fourth-order valence-corrected chi connectivity index (χ4v) is 0.102. The highest BCUT2D eigenvalue weighted by Crippen LogP contribution is 1.56. The molecule has 0 unspecified atom stereocenters. The number of carbonyl (C=O) groups excluding carboxylic acids is 1. The van der Waals surface area contributed by atoms with Gasteiger partial charge < -0.3 is 5.32 Å². The van der Waals surface area contributed by atoms with Gasteiger partial charge in [0.1, 0.15) is 0 Å². The topological polar surface area (TPSA) is 29.1 Å². The predicted molar refractivity (Wildman–Crippen MR) is 50.6 cm³/mol. The summed E-state index contributed by atoms with van der Waals surface area (Å²) >= 11 is 0. The fourth-order valence-electron chi connectivity index (χ4n) is 0.102. The van der Waals surface area contributed by atoms with Crippen molar-refractivity contribution in [1.82, 2.24) is 5.32 Å². The SMILES string of the molecule is C=CC(=O)NC.CCC.S. The lowest BCUT2D eigenvalue weighted by Crippen LogP contribution is -2.13. The molecule has 0 aromatic heterocycles. The number of rotatable bonds is 1. The molecule has 0 aromatic carbocycles. The molecule has 0 saturated carbocycles. The highest BCUT2D eigenvalue weighted by molar-refractivity contribution is 7.59. The van der Waals surface area contributed by atoms with Crippen LogP contribution in [-0.2, 0) is 4.79 Å². The van der Waals surface area contributed by atoms with E-state index < -0.39 is 0 Å². The summed E-state index contributed by atoms with van der Waals surface area (Å²) in [5, 5.41) is 2.36. The van der Waals surface area contributed by atoms with Crippen LogP contribution in [0.15, 0.2) is 12.7 Å². The number of likely N-dealkylation sites (N-methyl/N-ethyl adjacent to an activating group) is 1. The van der Waals surface area contributed by atoms with E-state index in [1.54, 1.807) is 7.05 Å². The largest absolute Gasteiger partial charge is 0.356 e. The van der Waals surface area contributed by atoms with Crippen LogP contribution in [0.1, 0.15) is 20.3 Å². The molecule has 0 atom stereocenters. The van der Waals surface area contributed by atoms with Gasteiger partial charge in [-0.2, -0.15) is 13.5 Å². The van der Waals surface area contributed by atoms with E-state index in [-0.39, 0.29) is 19.4 Å². The lowest BCUT2D eigenvalue weighted by atomic mass is 10.6. The molecular weight excluding hydrogens is 146 g/mol. The van der Waals surface area contributed by atoms with Crippen LogP contribution >= 0.6 is 13.5 Å². The summed E-state index contributed by atoms with van der Waals surface area (Å²) in [7, 11) is 1.56. The number of carbonyl (C=O) groups is 1. The Kier molecular flexibility index (Phi) is 25.8. The third kappa shape index (κ3) is 25.7. The van der Waals surface area contributed by atoms with Crippen molar-refractivity contribution in [3.05, 3.63) is 12.7 Å². The molecule has 0 heterocycles. The molecule has 3 heteroatoms. The van der Waals surface area contributed by atoms with Crippen LogP contribution in [0.2, 0.25) is 0 Å². The van der Waals surface area contributed by atoms with Crippen LogP contribution < -0.4 is 5.32 Å². The van der Waals surface area contributed by atoms with Crippen molar-refractivity contribution in [3.8, 4) is 0 Å². The summed E-state index contributed by atoms with van der Waals surface area (Å²) in [5.41, 5.74) is 0. The molecule has 0 rings (SSSR count). The summed E-state index contributed by atoms with van der Waals surface area (Å²) in [6, 6.07) is 0. The summed E-state index contributed by atoms with van der Waals surface area (Å²) in [6.07, 6.45) is 2.47. The van der Waals surface area contributed by atoms with E-state index in [4.69, 9.17) is 0 Å². The van der Waals surface area contributed by atoms with Gasteiger partial charge in [-0.25, -0.2) is 0 Å². The molecule has 1 N–H and O–H groups in total. The van der Waals surface area contributed by atoms with Crippen molar-refractivity contribution < 1.29 is 4.79 Å². The van der Waals surface area contributed by atoms with Gasteiger partial charge in [0.15, 0.2) is 0 Å². The number of amides is 1. The van der Waals surface area contributed by atoms with Gasteiger partial charge in [0.2, 0.25) is 5.91 Å². The predicted octanol–water partition coefficient (Wildman–Crippen LogP) is 1.45. The van der Waals surface area contributed by atoms with Crippen LogP contribution in [-0.4, -0.2) is 13.0 Å². The molecule has 0 aliphatic rings. The Labute approximate surface area is 70.1 Å². The molecule has 0 radical (unpaired) electrons. The third-order valence-corrected chi connectivity index (χ3v) is 0.432. The number of hydrogen-bond acceptors (Lipinski definition) is 1. The molecule has 0 bridgehead atoms. The minimum atomic E-state index is -0.144. The molecule has 0 aliphatic heterocycles. The Balaban J connectivity index is -0.000000107. The average molecular weight is 163 g/mol. The van der Waals surface area contributed by atoms with Crippen molar-refractivity contribution in [1.29, 1.82) is 0 Å². The van der Waals surface area contributed by atoms with E-state index in [0.29, 0.717) is 0 Å². The molecule has 0 aromatic rings. The molecule has 0 saturated heterocycles.